The molecular formula is C16H15ClN2O3S. The summed E-state index contributed by atoms with van der Waals surface area (Å²) in [5, 5.41) is 0.454. The predicted molar refractivity (Wildman–Crippen MR) is 90.4 cm³/mol. The van der Waals surface area contributed by atoms with Gasteiger partial charge in [0.15, 0.2) is 0 Å². The van der Waals surface area contributed by atoms with E-state index in [1.165, 1.54) is 6.07 Å². The van der Waals surface area contributed by atoms with E-state index in [1.54, 1.807) is 48.3 Å². The van der Waals surface area contributed by atoms with Gasteiger partial charge in [0, 0.05) is 24.2 Å². The van der Waals surface area contributed by atoms with Crippen LogP contribution in [0.15, 0.2) is 47.4 Å². The second-order valence-electron chi connectivity index (χ2n) is 5.36. The molecule has 2 aromatic carbocycles. The Kier molecular flexibility index (Phi) is 4.04. The van der Waals surface area contributed by atoms with Crippen LogP contribution >= 0.6 is 11.6 Å². The van der Waals surface area contributed by atoms with Crippen LogP contribution in [0, 0.1) is 0 Å². The Hall–Kier alpha value is -2.05. The molecule has 2 aromatic rings. The first-order chi connectivity index (χ1) is 10.9. The van der Waals surface area contributed by atoms with Crippen LogP contribution in [0.4, 0.5) is 11.4 Å². The van der Waals surface area contributed by atoms with Crippen LogP contribution in [-0.2, 0) is 21.2 Å². The third-order valence-corrected chi connectivity index (χ3v) is 5.40. The molecule has 0 atom stereocenters. The molecule has 1 N–H and O–H groups in total. The van der Waals surface area contributed by atoms with E-state index in [1.807, 2.05) is 0 Å². The van der Waals surface area contributed by atoms with Crippen molar-refractivity contribution < 1.29 is 13.2 Å². The molecule has 0 unspecified atom stereocenters. The van der Waals surface area contributed by atoms with Crippen molar-refractivity contribution in [3.63, 3.8) is 0 Å². The number of anilines is 2. The van der Waals surface area contributed by atoms with E-state index in [-0.39, 0.29) is 10.8 Å². The number of aryl methyl sites for hydroxylation is 1. The van der Waals surface area contributed by atoms with Crippen LogP contribution in [0.2, 0.25) is 5.02 Å². The number of sulfonamides is 1. The zero-order chi connectivity index (χ0) is 16.6. The summed E-state index contributed by atoms with van der Waals surface area (Å²) in [6.07, 6.45) is 0.924. The molecule has 23 heavy (non-hydrogen) atoms. The Morgan fingerprint density at radius 3 is 2.65 bits per heavy atom. The van der Waals surface area contributed by atoms with Gasteiger partial charge in [0.2, 0.25) is 5.91 Å². The highest BCUT2D eigenvalue weighted by atomic mass is 35.5. The lowest BCUT2D eigenvalue weighted by molar-refractivity contribution is -0.118. The van der Waals surface area contributed by atoms with E-state index in [2.05, 4.69) is 4.72 Å². The van der Waals surface area contributed by atoms with Crippen molar-refractivity contribution in [3.05, 3.63) is 53.1 Å². The first-order valence-electron chi connectivity index (χ1n) is 7.05. The molecule has 3 rings (SSSR count). The number of hydrogen-bond donors (Lipinski definition) is 1. The summed E-state index contributed by atoms with van der Waals surface area (Å²) in [7, 11) is -2.01. The Morgan fingerprint density at radius 1 is 1.13 bits per heavy atom. The van der Waals surface area contributed by atoms with Gasteiger partial charge in [-0.25, -0.2) is 8.42 Å². The molecule has 7 heteroatoms. The van der Waals surface area contributed by atoms with E-state index >= 15 is 0 Å². The van der Waals surface area contributed by atoms with Crippen LogP contribution in [0.5, 0.6) is 0 Å². The van der Waals surface area contributed by atoms with E-state index in [9.17, 15) is 13.2 Å². The number of nitrogens with zero attached hydrogens (tertiary/aromatic N) is 1. The van der Waals surface area contributed by atoms with Gasteiger partial charge >= 0.3 is 0 Å². The summed E-state index contributed by atoms with van der Waals surface area (Å²) in [4.78, 5) is 13.4. The van der Waals surface area contributed by atoms with Crippen LogP contribution in [0.25, 0.3) is 0 Å². The van der Waals surface area contributed by atoms with Crippen molar-refractivity contribution >= 4 is 38.9 Å². The van der Waals surface area contributed by atoms with Crippen LogP contribution in [0.1, 0.15) is 12.0 Å². The molecule has 0 spiro atoms. The topological polar surface area (TPSA) is 66.5 Å². The van der Waals surface area contributed by atoms with Gasteiger partial charge in [0.05, 0.1) is 10.6 Å². The molecule has 120 valence electrons. The average molecular weight is 351 g/mol. The Bertz CT molecular complexity index is 881. The third-order valence-electron chi connectivity index (χ3n) is 3.78. The van der Waals surface area contributed by atoms with Crippen molar-refractivity contribution in [3.8, 4) is 0 Å². The highest BCUT2D eigenvalue weighted by molar-refractivity contribution is 7.92. The summed E-state index contributed by atoms with van der Waals surface area (Å²) in [6.45, 7) is 0. The van der Waals surface area contributed by atoms with E-state index < -0.39 is 10.0 Å². The first kappa shape index (κ1) is 15.8. The second-order valence-corrected chi connectivity index (χ2v) is 7.48. The molecule has 0 aliphatic carbocycles. The van der Waals surface area contributed by atoms with Gasteiger partial charge in [0.25, 0.3) is 10.0 Å². The summed E-state index contributed by atoms with van der Waals surface area (Å²) in [5.41, 5.74) is 2.01. The van der Waals surface area contributed by atoms with Crippen LogP contribution < -0.4 is 9.62 Å². The molecule has 0 saturated carbocycles. The van der Waals surface area contributed by atoms with E-state index in [4.69, 9.17) is 11.6 Å². The minimum absolute atomic E-state index is 0.0326. The molecule has 0 saturated heterocycles. The smallest absolute Gasteiger partial charge is 0.261 e. The van der Waals surface area contributed by atoms with Gasteiger partial charge in [-0.15, -0.1) is 0 Å². The van der Waals surface area contributed by atoms with Gasteiger partial charge < -0.3 is 4.90 Å². The molecule has 0 fully saturated rings. The maximum absolute atomic E-state index is 12.5. The molecule has 1 aliphatic rings. The minimum Gasteiger partial charge on any atom is -0.315 e. The standard InChI is InChI=1S/C16H15ClN2O3S/c1-19-15-7-6-14(9-11(15)5-8-16(19)20)23(21,22)18-13-4-2-3-12(17)10-13/h2-4,6-7,9-10,18H,5,8H2,1H3. The fraction of sp³-hybridized carbons (Fsp3) is 0.188. The lowest BCUT2D eigenvalue weighted by atomic mass is 10.0. The molecule has 0 aromatic heterocycles. The summed E-state index contributed by atoms with van der Waals surface area (Å²) < 4.78 is 27.5. The van der Waals surface area contributed by atoms with Crippen molar-refractivity contribution in [1.29, 1.82) is 0 Å². The maximum atomic E-state index is 12.5. The summed E-state index contributed by atoms with van der Waals surface area (Å²) in [5.74, 6) is 0.0326. The van der Waals surface area contributed by atoms with Gasteiger partial charge in [0.1, 0.15) is 0 Å². The highest BCUT2D eigenvalue weighted by Crippen LogP contribution is 2.29. The highest BCUT2D eigenvalue weighted by Gasteiger charge is 2.23. The lowest BCUT2D eigenvalue weighted by Gasteiger charge is -2.26. The van der Waals surface area contributed by atoms with Crippen molar-refractivity contribution in [2.75, 3.05) is 16.7 Å². The van der Waals surface area contributed by atoms with E-state index in [0.29, 0.717) is 23.6 Å². The Labute approximate surface area is 139 Å². The molecular weight excluding hydrogens is 336 g/mol. The number of nitrogens with one attached hydrogen (secondary N) is 1. The van der Waals surface area contributed by atoms with Crippen LogP contribution in [-0.4, -0.2) is 21.4 Å². The number of carbonyl (C=O) groups is 1. The Morgan fingerprint density at radius 2 is 1.91 bits per heavy atom. The average Bonchev–Trinajstić information content (AvgIpc) is 2.50. The number of fused-ring (bicyclic) bond motifs is 1. The maximum Gasteiger partial charge on any atom is 0.261 e. The molecule has 1 heterocycles. The van der Waals surface area contributed by atoms with Gasteiger partial charge in [-0.2, -0.15) is 0 Å². The van der Waals surface area contributed by atoms with Gasteiger partial charge in [-0.3, -0.25) is 9.52 Å². The van der Waals surface area contributed by atoms with Gasteiger partial charge in [-0.05, 0) is 48.4 Å². The second kappa shape index (κ2) is 5.86. The first-order valence-corrected chi connectivity index (χ1v) is 8.91. The SMILES string of the molecule is CN1C(=O)CCc2cc(S(=O)(=O)Nc3cccc(Cl)c3)ccc21. The molecule has 0 bridgehead atoms. The van der Waals surface area contributed by atoms with Crippen LogP contribution in [0.3, 0.4) is 0 Å². The van der Waals surface area contributed by atoms with Crippen molar-refractivity contribution in [2.45, 2.75) is 17.7 Å². The number of carbonyl (C=O) groups excluding carboxylic acids is 1. The zero-order valence-electron chi connectivity index (χ0n) is 12.4. The minimum atomic E-state index is -3.71. The normalized spacial score (nSPS) is 14.5. The number of hydrogen-bond acceptors (Lipinski definition) is 3. The molecule has 1 aliphatic heterocycles. The largest absolute Gasteiger partial charge is 0.315 e. The fourth-order valence-electron chi connectivity index (χ4n) is 2.57. The molecule has 5 nitrogen and oxygen atoms in total. The van der Waals surface area contributed by atoms with Crippen molar-refractivity contribution in [2.24, 2.45) is 0 Å². The molecule has 0 radical (unpaired) electrons. The summed E-state index contributed by atoms with van der Waals surface area (Å²) >= 11 is 5.87. The number of benzene rings is 2. The number of amides is 1. The lowest BCUT2D eigenvalue weighted by Crippen LogP contribution is -2.31. The monoisotopic (exact) mass is 350 g/mol. The third kappa shape index (κ3) is 3.18. The predicted octanol–water partition coefficient (Wildman–Crippen LogP) is 3.05. The summed E-state index contributed by atoms with van der Waals surface area (Å²) in [6, 6.07) is 11.3. The van der Waals surface area contributed by atoms with Gasteiger partial charge in [-0.1, -0.05) is 17.7 Å². The fourth-order valence-corrected chi connectivity index (χ4v) is 3.86. The zero-order valence-corrected chi connectivity index (χ0v) is 14.0. The van der Waals surface area contributed by atoms with E-state index in [0.717, 1.165) is 11.3 Å². The number of halogens is 1. The molecule has 1 amide bonds. The Balaban J connectivity index is 1.93. The quantitative estimate of drug-likeness (QED) is 0.925. The number of rotatable bonds is 3. The van der Waals surface area contributed by atoms with Crippen molar-refractivity contribution in [1.82, 2.24) is 0 Å².